The number of hydrogen-bond acceptors (Lipinski definition) is 3. The van der Waals surface area contributed by atoms with E-state index in [4.69, 9.17) is 17.3 Å². The largest absolute Gasteiger partial charge is 0.398 e. The Bertz CT molecular complexity index is 579. The minimum atomic E-state index is -0.229. The molecule has 0 aliphatic rings. The van der Waals surface area contributed by atoms with E-state index in [0.29, 0.717) is 22.8 Å². The number of nitrogens with zero attached hydrogens (tertiary/aromatic N) is 2. The summed E-state index contributed by atoms with van der Waals surface area (Å²) in [6, 6.07) is 4.80. The molecule has 5 nitrogen and oxygen atoms in total. The molecule has 1 aromatic heterocycles. The van der Waals surface area contributed by atoms with Crippen LogP contribution in [0.1, 0.15) is 15.9 Å². The highest BCUT2D eigenvalue weighted by molar-refractivity contribution is 6.31. The van der Waals surface area contributed by atoms with Crippen LogP contribution in [0, 0.1) is 0 Å². The Kier molecular flexibility index (Phi) is 3.53. The predicted octanol–water partition coefficient (Wildman–Crippen LogP) is 1.59. The Hall–Kier alpha value is -2.01. The second-order valence-corrected chi connectivity index (χ2v) is 4.37. The van der Waals surface area contributed by atoms with Gasteiger partial charge in [-0.05, 0) is 18.2 Å². The first-order valence-electron chi connectivity index (χ1n) is 5.37. The quantitative estimate of drug-likeness (QED) is 0.827. The number of aryl methyl sites for hydroxylation is 1. The normalized spacial score (nSPS) is 10.3. The number of halogens is 1. The molecule has 94 valence electrons. The van der Waals surface area contributed by atoms with Crippen molar-refractivity contribution < 1.29 is 4.79 Å². The lowest BCUT2D eigenvalue weighted by molar-refractivity contribution is 0.0952. The lowest BCUT2D eigenvalue weighted by Crippen LogP contribution is -2.23. The van der Waals surface area contributed by atoms with Gasteiger partial charge in [-0.15, -0.1) is 0 Å². The van der Waals surface area contributed by atoms with E-state index in [-0.39, 0.29) is 5.91 Å². The lowest BCUT2D eigenvalue weighted by Gasteiger charge is -2.06. The third kappa shape index (κ3) is 2.81. The molecule has 0 unspecified atom stereocenters. The number of nitrogens with two attached hydrogens (primary N) is 1. The fourth-order valence-electron chi connectivity index (χ4n) is 1.58. The summed E-state index contributed by atoms with van der Waals surface area (Å²) in [5, 5.41) is 7.30. The molecule has 0 aliphatic carbocycles. The van der Waals surface area contributed by atoms with Crippen LogP contribution < -0.4 is 11.1 Å². The number of carbonyl (C=O) groups excluding carboxylic acids is 1. The van der Waals surface area contributed by atoms with Gasteiger partial charge in [0.2, 0.25) is 0 Å². The van der Waals surface area contributed by atoms with Crippen LogP contribution in [-0.4, -0.2) is 15.7 Å². The molecule has 0 spiro atoms. The van der Waals surface area contributed by atoms with Crippen LogP contribution in [0.25, 0.3) is 0 Å². The van der Waals surface area contributed by atoms with Gasteiger partial charge >= 0.3 is 0 Å². The topological polar surface area (TPSA) is 72.9 Å². The highest BCUT2D eigenvalue weighted by Gasteiger charge is 2.09. The summed E-state index contributed by atoms with van der Waals surface area (Å²) in [4.78, 5) is 11.9. The van der Waals surface area contributed by atoms with Crippen LogP contribution in [-0.2, 0) is 13.6 Å². The van der Waals surface area contributed by atoms with Gasteiger partial charge < -0.3 is 11.1 Å². The van der Waals surface area contributed by atoms with Gasteiger partial charge in [0, 0.05) is 36.1 Å². The van der Waals surface area contributed by atoms with Crippen molar-refractivity contribution in [1.29, 1.82) is 0 Å². The van der Waals surface area contributed by atoms with E-state index in [1.165, 1.54) is 0 Å². The molecule has 2 aromatic rings. The van der Waals surface area contributed by atoms with Gasteiger partial charge in [0.15, 0.2) is 0 Å². The van der Waals surface area contributed by atoms with Gasteiger partial charge in [-0.1, -0.05) is 11.6 Å². The molecule has 1 amide bonds. The van der Waals surface area contributed by atoms with Crippen molar-refractivity contribution in [3.63, 3.8) is 0 Å². The zero-order valence-electron chi connectivity index (χ0n) is 9.85. The Balaban J connectivity index is 2.03. The van der Waals surface area contributed by atoms with Crippen LogP contribution in [0.5, 0.6) is 0 Å². The molecule has 0 saturated heterocycles. The maximum atomic E-state index is 11.9. The van der Waals surface area contributed by atoms with E-state index >= 15 is 0 Å². The van der Waals surface area contributed by atoms with Crippen molar-refractivity contribution in [3.8, 4) is 0 Å². The predicted molar refractivity (Wildman–Crippen MR) is 70.2 cm³/mol. The molecule has 1 aromatic carbocycles. The molecule has 6 heteroatoms. The molecule has 0 saturated carbocycles. The van der Waals surface area contributed by atoms with Crippen LogP contribution in [0.3, 0.4) is 0 Å². The molecule has 3 N–H and O–H groups in total. The second-order valence-electron chi connectivity index (χ2n) is 3.94. The number of aromatic nitrogens is 2. The Morgan fingerprint density at radius 1 is 1.56 bits per heavy atom. The Morgan fingerprint density at radius 3 is 2.94 bits per heavy atom. The number of nitrogen functional groups attached to an aromatic ring is 1. The minimum absolute atomic E-state index is 0.229. The highest BCUT2D eigenvalue weighted by Crippen LogP contribution is 2.17. The first-order chi connectivity index (χ1) is 8.56. The zero-order chi connectivity index (χ0) is 13.1. The number of nitrogens with one attached hydrogen (secondary N) is 1. The first kappa shape index (κ1) is 12.4. The van der Waals surface area contributed by atoms with Gasteiger partial charge in [-0.25, -0.2) is 0 Å². The maximum absolute atomic E-state index is 11.9. The molecule has 2 rings (SSSR count). The summed E-state index contributed by atoms with van der Waals surface area (Å²) in [6.07, 6.45) is 3.54. The van der Waals surface area contributed by atoms with Crippen LogP contribution in [0.2, 0.25) is 5.02 Å². The van der Waals surface area contributed by atoms with E-state index in [1.54, 1.807) is 29.1 Å². The summed E-state index contributed by atoms with van der Waals surface area (Å²) in [6.45, 7) is 0.411. The average Bonchev–Trinajstić information content (AvgIpc) is 2.72. The molecule has 18 heavy (non-hydrogen) atoms. The highest BCUT2D eigenvalue weighted by atomic mass is 35.5. The molecule has 0 fully saturated rings. The van der Waals surface area contributed by atoms with Gasteiger partial charge in [-0.3, -0.25) is 9.48 Å². The second kappa shape index (κ2) is 5.10. The van der Waals surface area contributed by atoms with Crippen molar-refractivity contribution in [2.45, 2.75) is 6.54 Å². The Labute approximate surface area is 110 Å². The van der Waals surface area contributed by atoms with E-state index in [2.05, 4.69) is 10.4 Å². The molecule has 0 atom stereocenters. The summed E-state index contributed by atoms with van der Waals surface area (Å²) >= 11 is 5.77. The van der Waals surface area contributed by atoms with Crippen molar-refractivity contribution >= 4 is 23.2 Å². The molecule has 0 aliphatic heterocycles. The fourth-order valence-corrected chi connectivity index (χ4v) is 1.76. The number of anilines is 1. The number of carbonyl (C=O) groups is 1. The summed E-state index contributed by atoms with van der Waals surface area (Å²) in [5.41, 5.74) is 7.45. The van der Waals surface area contributed by atoms with Crippen molar-refractivity contribution in [1.82, 2.24) is 15.1 Å². The lowest BCUT2D eigenvalue weighted by atomic mass is 10.1. The number of rotatable bonds is 3. The van der Waals surface area contributed by atoms with Crippen molar-refractivity contribution in [2.75, 3.05) is 5.73 Å². The number of amides is 1. The van der Waals surface area contributed by atoms with Crippen LogP contribution in [0.15, 0.2) is 30.6 Å². The number of benzene rings is 1. The van der Waals surface area contributed by atoms with E-state index in [0.717, 1.165) is 5.56 Å². The van der Waals surface area contributed by atoms with Gasteiger partial charge in [0.25, 0.3) is 5.91 Å². The van der Waals surface area contributed by atoms with Crippen molar-refractivity contribution in [3.05, 3.63) is 46.7 Å². The summed E-state index contributed by atoms with van der Waals surface area (Å²) in [5.74, 6) is -0.229. The third-order valence-corrected chi connectivity index (χ3v) is 2.70. The number of hydrogen-bond donors (Lipinski definition) is 2. The summed E-state index contributed by atoms with van der Waals surface area (Å²) < 4.78 is 1.68. The monoisotopic (exact) mass is 264 g/mol. The Morgan fingerprint density at radius 2 is 2.33 bits per heavy atom. The van der Waals surface area contributed by atoms with Gasteiger partial charge in [0.05, 0.1) is 11.8 Å². The van der Waals surface area contributed by atoms with E-state index < -0.39 is 0 Å². The maximum Gasteiger partial charge on any atom is 0.253 e. The third-order valence-electron chi connectivity index (χ3n) is 2.47. The minimum Gasteiger partial charge on any atom is -0.398 e. The summed E-state index contributed by atoms with van der Waals surface area (Å²) in [7, 11) is 1.82. The molecular weight excluding hydrogens is 252 g/mol. The first-order valence-corrected chi connectivity index (χ1v) is 5.75. The smallest absolute Gasteiger partial charge is 0.253 e. The fraction of sp³-hybridized carbons (Fsp3) is 0.167. The van der Waals surface area contributed by atoms with E-state index in [9.17, 15) is 4.79 Å². The average molecular weight is 265 g/mol. The van der Waals surface area contributed by atoms with Crippen LogP contribution in [0.4, 0.5) is 5.69 Å². The zero-order valence-corrected chi connectivity index (χ0v) is 10.6. The SMILES string of the molecule is Cn1cc(CNC(=O)c2ccc(Cl)cc2N)cn1. The molecule has 0 radical (unpaired) electrons. The van der Waals surface area contributed by atoms with Crippen molar-refractivity contribution in [2.24, 2.45) is 7.05 Å². The van der Waals surface area contributed by atoms with E-state index in [1.807, 2.05) is 13.2 Å². The van der Waals surface area contributed by atoms with Gasteiger partial charge in [-0.2, -0.15) is 5.10 Å². The van der Waals surface area contributed by atoms with Crippen LogP contribution >= 0.6 is 11.6 Å². The van der Waals surface area contributed by atoms with Gasteiger partial charge in [0.1, 0.15) is 0 Å². The molecular formula is C12H13ClN4O. The molecule has 1 heterocycles. The standard InChI is InChI=1S/C12H13ClN4O/c1-17-7-8(6-16-17)5-15-12(18)10-3-2-9(13)4-11(10)14/h2-4,6-7H,5,14H2,1H3,(H,15,18). The molecule has 0 bridgehead atoms.